The smallest absolute Gasteiger partial charge is 0.459 e. The molecule has 0 spiro atoms. The van der Waals surface area contributed by atoms with E-state index in [0.29, 0.717) is 24.6 Å². The average molecular weight is 358 g/mol. The maximum atomic E-state index is 11.7. The summed E-state index contributed by atoms with van der Waals surface area (Å²) in [6, 6.07) is 9.24. The molecular weight excluding hydrogens is 332 g/mol. The third-order valence-electron chi connectivity index (χ3n) is 3.43. The van der Waals surface area contributed by atoms with E-state index < -0.39 is 20.9 Å². The van der Waals surface area contributed by atoms with E-state index in [4.69, 9.17) is 22.8 Å². The highest BCUT2D eigenvalue weighted by atomic mass is 28.4. The second kappa shape index (κ2) is 11.3. The highest BCUT2D eigenvalue weighted by Crippen LogP contribution is 2.14. The summed E-state index contributed by atoms with van der Waals surface area (Å²) >= 11 is 0. The molecule has 1 aromatic rings. The zero-order chi connectivity index (χ0) is 17.8. The third-order valence-corrected chi connectivity index (χ3v) is 6.26. The number of aliphatic hydroxyl groups excluding tert-OH is 1. The van der Waals surface area contributed by atoms with Gasteiger partial charge in [-0.3, -0.25) is 0 Å². The number of hydrogen-bond donors (Lipinski definition) is 1. The molecule has 0 aliphatic rings. The van der Waals surface area contributed by atoms with Gasteiger partial charge in [-0.05, 0) is 18.6 Å². The van der Waals surface area contributed by atoms with Crippen LogP contribution in [-0.4, -0.2) is 67.1 Å². The van der Waals surface area contributed by atoms with Crippen LogP contribution in [0.3, 0.4) is 0 Å². The van der Waals surface area contributed by atoms with Crippen LogP contribution in [0.5, 0.6) is 0 Å². The van der Waals surface area contributed by atoms with Gasteiger partial charge >= 0.3 is 14.8 Å². The van der Waals surface area contributed by atoms with Crippen molar-refractivity contribution in [2.45, 2.75) is 18.6 Å². The SMILES string of the molecule is CO[Si](CCCOCC(O)COC(=O)c1ccccc1)(OC)OC. The van der Waals surface area contributed by atoms with Gasteiger partial charge in [0.15, 0.2) is 0 Å². The molecule has 7 nitrogen and oxygen atoms in total. The number of esters is 1. The maximum Gasteiger partial charge on any atom is 0.500 e. The molecule has 0 saturated heterocycles. The molecule has 0 radical (unpaired) electrons. The van der Waals surface area contributed by atoms with Crippen LogP contribution in [0.1, 0.15) is 16.8 Å². The Morgan fingerprint density at radius 2 is 1.71 bits per heavy atom. The normalized spacial score (nSPS) is 12.8. The number of hydrogen-bond acceptors (Lipinski definition) is 7. The molecule has 0 aliphatic carbocycles. The Morgan fingerprint density at radius 3 is 2.29 bits per heavy atom. The largest absolute Gasteiger partial charge is 0.500 e. The van der Waals surface area contributed by atoms with Crippen molar-refractivity contribution < 1.29 is 32.7 Å². The Hall–Kier alpha value is -1.29. The van der Waals surface area contributed by atoms with Crippen molar-refractivity contribution in [1.29, 1.82) is 0 Å². The van der Waals surface area contributed by atoms with Crippen LogP contribution in [0, 0.1) is 0 Å². The van der Waals surface area contributed by atoms with E-state index in [1.54, 1.807) is 45.6 Å². The summed E-state index contributed by atoms with van der Waals surface area (Å²) in [7, 11) is 2.11. The zero-order valence-corrected chi connectivity index (χ0v) is 15.4. The summed E-state index contributed by atoms with van der Waals surface area (Å²) in [5, 5.41) is 9.78. The number of carbonyl (C=O) groups is 1. The van der Waals surface area contributed by atoms with Gasteiger partial charge in [0.25, 0.3) is 0 Å². The summed E-state index contributed by atoms with van der Waals surface area (Å²) in [5.74, 6) is -0.467. The molecule has 0 aromatic heterocycles. The first kappa shape index (κ1) is 20.8. The first-order valence-electron chi connectivity index (χ1n) is 7.70. The van der Waals surface area contributed by atoms with Gasteiger partial charge < -0.3 is 27.9 Å². The molecule has 1 atom stereocenters. The molecule has 1 aromatic carbocycles. The number of ether oxygens (including phenoxy) is 2. The van der Waals surface area contributed by atoms with E-state index in [0.717, 1.165) is 0 Å². The van der Waals surface area contributed by atoms with Gasteiger partial charge in [-0.1, -0.05) is 18.2 Å². The Labute approximate surface area is 143 Å². The summed E-state index contributed by atoms with van der Waals surface area (Å²) in [5.41, 5.74) is 0.450. The van der Waals surface area contributed by atoms with E-state index in [9.17, 15) is 9.90 Å². The zero-order valence-electron chi connectivity index (χ0n) is 14.4. The van der Waals surface area contributed by atoms with Crippen LogP contribution < -0.4 is 0 Å². The third kappa shape index (κ3) is 7.08. The Kier molecular flexibility index (Phi) is 9.77. The molecule has 0 saturated carbocycles. The van der Waals surface area contributed by atoms with Crippen LogP contribution in [0.25, 0.3) is 0 Å². The van der Waals surface area contributed by atoms with Crippen LogP contribution in [0.15, 0.2) is 30.3 Å². The van der Waals surface area contributed by atoms with Crippen LogP contribution in [0.4, 0.5) is 0 Å². The molecule has 0 heterocycles. The van der Waals surface area contributed by atoms with Crippen molar-refractivity contribution in [3.8, 4) is 0 Å². The van der Waals surface area contributed by atoms with Crippen molar-refractivity contribution in [3.63, 3.8) is 0 Å². The summed E-state index contributed by atoms with van der Waals surface area (Å²) in [6.45, 7) is 0.402. The molecule has 24 heavy (non-hydrogen) atoms. The Morgan fingerprint density at radius 1 is 1.08 bits per heavy atom. The standard InChI is InChI=1S/C16H26O7Si/c1-19-24(20-2,21-3)11-7-10-22-12-15(17)13-23-16(18)14-8-5-4-6-9-14/h4-6,8-9,15,17H,7,10-13H2,1-3H3. The van der Waals surface area contributed by atoms with Gasteiger partial charge in [-0.25, -0.2) is 4.79 Å². The minimum atomic E-state index is -2.57. The molecule has 0 bridgehead atoms. The average Bonchev–Trinajstić information content (AvgIpc) is 2.64. The lowest BCUT2D eigenvalue weighted by molar-refractivity contribution is -0.0113. The van der Waals surface area contributed by atoms with Crippen molar-refractivity contribution >= 4 is 14.8 Å². The lowest BCUT2D eigenvalue weighted by Crippen LogP contribution is -2.42. The maximum absolute atomic E-state index is 11.7. The number of benzene rings is 1. The number of rotatable bonds is 12. The predicted octanol–water partition coefficient (Wildman–Crippen LogP) is 1.49. The van der Waals surface area contributed by atoms with Gasteiger partial charge in [0.2, 0.25) is 0 Å². The van der Waals surface area contributed by atoms with E-state index in [2.05, 4.69) is 0 Å². The van der Waals surface area contributed by atoms with E-state index in [1.807, 2.05) is 6.07 Å². The van der Waals surface area contributed by atoms with Gasteiger partial charge in [0.05, 0.1) is 12.2 Å². The predicted molar refractivity (Wildman–Crippen MR) is 89.8 cm³/mol. The highest BCUT2D eigenvalue weighted by molar-refractivity contribution is 6.60. The fourth-order valence-corrected chi connectivity index (χ4v) is 3.73. The minimum Gasteiger partial charge on any atom is -0.459 e. The fourth-order valence-electron chi connectivity index (χ4n) is 2.04. The molecule has 0 aliphatic heterocycles. The van der Waals surface area contributed by atoms with Crippen molar-refractivity contribution in [2.24, 2.45) is 0 Å². The quantitative estimate of drug-likeness (QED) is 0.344. The van der Waals surface area contributed by atoms with Crippen molar-refractivity contribution in [1.82, 2.24) is 0 Å². The summed E-state index contributed by atoms with van der Waals surface area (Å²) < 4.78 is 26.3. The molecule has 0 amide bonds. The molecule has 1 N–H and O–H groups in total. The van der Waals surface area contributed by atoms with Crippen molar-refractivity contribution in [3.05, 3.63) is 35.9 Å². The van der Waals surface area contributed by atoms with Crippen molar-refractivity contribution in [2.75, 3.05) is 41.2 Å². The molecule has 1 unspecified atom stereocenters. The second-order valence-electron chi connectivity index (χ2n) is 5.09. The van der Waals surface area contributed by atoms with Gasteiger partial charge in [-0.2, -0.15) is 0 Å². The molecule has 136 valence electrons. The van der Waals surface area contributed by atoms with Gasteiger partial charge in [0.1, 0.15) is 12.7 Å². The Bertz CT molecular complexity index is 456. The first-order chi connectivity index (χ1) is 11.6. The topological polar surface area (TPSA) is 83.5 Å². The lowest BCUT2D eigenvalue weighted by atomic mass is 10.2. The monoisotopic (exact) mass is 358 g/mol. The van der Waals surface area contributed by atoms with Gasteiger partial charge in [-0.15, -0.1) is 0 Å². The molecular formula is C16H26O7Si. The fraction of sp³-hybridized carbons (Fsp3) is 0.562. The summed E-state index contributed by atoms with van der Waals surface area (Å²) in [4.78, 5) is 11.7. The number of aliphatic hydroxyl groups is 1. The van der Waals surface area contributed by atoms with Crippen LogP contribution in [0.2, 0.25) is 6.04 Å². The second-order valence-corrected chi connectivity index (χ2v) is 8.18. The highest BCUT2D eigenvalue weighted by Gasteiger charge is 2.36. The van der Waals surface area contributed by atoms with Crippen LogP contribution >= 0.6 is 0 Å². The van der Waals surface area contributed by atoms with E-state index >= 15 is 0 Å². The summed E-state index contributed by atoms with van der Waals surface area (Å²) in [6.07, 6.45) is -0.190. The molecule has 1 rings (SSSR count). The molecule has 0 fully saturated rings. The number of carbonyl (C=O) groups excluding carboxylic acids is 1. The van der Waals surface area contributed by atoms with Crippen LogP contribution in [-0.2, 0) is 22.8 Å². The van der Waals surface area contributed by atoms with E-state index in [1.165, 1.54) is 0 Å². The Balaban J connectivity index is 2.16. The lowest BCUT2D eigenvalue weighted by Gasteiger charge is -2.24. The molecule has 8 heteroatoms. The van der Waals surface area contributed by atoms with E-state index in [-0.39, 0.29) is 13.2 Å². The first-order valence-corrected chi connectivity index (χ1v) is 9.63. The minimum absolute atomic E-state index is 0.0869. The van der Waals surface area contributed by atoms with Gasteiger partial charge in [0, 0.05) is 34.0 Å².